The molecule has 0 unspecified atom stereocenters. The van der Waals surface area contributed by atoms with E-state index in [-0.39, 0.29) is 16.8 Å². The molecule has 13 heteroatoms. The molecule has 3 heterocycles. The number of imidazole rings is 1. The number of thiol groups is 1. The van der Waals surface area contributed by atoms with Crippen LogP contribution >= 0.6 is 6.72 Å². The summed E-state index contributed by atoms with van der Waals surface area (Å²) in [4.78, 5) is 39.6. The normalized spacial score (nSPS) is 28.6. The van der Waals surface area contributed by atoms with Gasteiger partial charge in [-0.05, 0) is 0 Å². The van der Waals surface area contributed by atoms with Crippen LogP contribution in [0, 0.1) is 0 Å². The Kier molecular flexibility index (Phi) is 4.42. The monoisotopic (exact) mass is 365 g/mol. The number of anilines is 1. The SMILES string of the molecule is Nc1ncnc2c1ncn2[C@@H]1O[C@H](CO)[C@@H]([SH]=P(O)(O)O)[C@@H]1O. The van der Waals surface area contributed by atoms with Gasteiger partial charge in [0.15, 0.2) is 17.7 Å². The van der Waals surface area contributed by atoms with Crippen molar-refractivity contribution < 1.29 is 29.6 Å². The molecule has 0 saturated carbocycles. The molecular formula is C10H16N5O6PS. The van der Waals surface area contributed by atoms with E-state index in [0.29, 0.717) is 11.2 Å². The van der Waals surface area contributed by atoms with Crippen LogP contribution in [0.2, 0.25) is 0 Å². The van der Waals surface area contributed by atoms with Gasteiger partial charge in [-0.1, -0.05) is 0 Å². The molecule has 1 fully saturated rings. The average Bonchev–Trinajstić information content (AvgIpc) is 3.01. The zero-order chi connectivity index (χ0) is 16.8. The maximum atomic E-state index is 10.4. The maximum absolute atomic E-state index is 10.4. The van der Waals surface area contributed by atoms with E-state index in [1.807, 2.05) is 0 Å². The lowest BCUT2D eigenvalue weighted by Crippen LogP contribution is -2.33. The van der Waals surface area contributed by atoms with Crippen molar-refractivity contribution in [2.75, 3.05) is 12.3 Å². The molecular weight excluding hydrogens is 349 g/mol. The van der Waals surface area contributed by atoms with Gasteiger partial charge in [-0.3, -0.25) is 4.57 Å². The number of rotatable bonds is 3. The fourth-order valence-electron chi connectivity index (χ4n) is 2.49. The van der Waals surface area contributed by atoms with Gasteiger partial charge in [-0.15, -0.1) is 10.9 Å². The molecule has 7 N–H and O–H groups in total. The van der Waals surface area contributed by atoms with E-state index < -0.39 is 37.0 Å². The summed E-state index contributed by atoms with van der Waals surface area (Å²) in [7, 11) is -0.202. The molecule has 1 saturated heterocycles. The van der Waals surface area contributed by atoms with Crippen molar-refractivity contribution in [3.8, 4) is 0 Å². The number of fused-ring (bicyclic) bond motifs is 1. The Hall–Kier alpha value is -1.11. The van der Waals surface area contributed by atoms with E-state index >= 15 is 0 Å². The standard InChI is InChI=1S/C10H16N5O6PS/c11-8-5-9(13-2-12-8)15(3-14-5)10-6(17)7(4(1-16)21-10)23-22(18,19)20/h2-4,6-7,10,16-20,23H,1H2,(H2,11,12,13)/t4-,6+,7-,10-/m1/s1. The Balaban J connectivity index is 2.02. The Morgan fingerprint density at radius 2 is 2.04 bits per heavy atom. The molecule has 0 bridgehead atoms. The van der Waals surface area contributed by atoms with Crippen LogP contribution in [0.15, 0.2) is 12.7 Å². The number of nitrogens with two attached hydrogens (primary N) is 1. The molecule has 0 radical (unpaired) electrons. The molecule has 2 aromatic heterocycles. The van der Waals surface area contributed by atoms with Crippen molar-refractivity contribution >= 4 is 34.6 Å². The van der Waals surface area contributed by atoms with Gasteiger partial charge in [-0.2, -0.15) is 0 Å². The molecule has 23 heavy (non-hydrogen) atoms. The van der Waals surface area contributed by atoms with E-state index in [0.717, 1.165) is 0 Å². The van der Waals surface area contributed by atoms with Gasteiger partial charge >= 0.3 is 0 Å². The molecule has 0 aliphatic carbocycles. The first kappa shape index (κ1) is 16.7. The Morgan fingerprint density at radius 3 is 2.70 bits per heavy atom. The predicted molar refractivity (Wildman–Crippen MR) is 82.9 cm³/mol. The van der Waals surface area contributed by atoms with Crippen LogP contribution in [-0.4, -0.2) is 68.5 Å². The number of ether oxygens (including phenoxy) is 1. The van der Waals surface area contributed by atoms with Gasteiger partial charge in [0.25, 0.3) is 6.72 Å². The summed E-state index contributed by atoms with van der Waals surface area (Å²) in [5, 5.41) is 18.9. The molecule has 1 aliphatic rings. The third-order valence-corrected chi connectivity index (χ3v) is 6.41. The van der Waals surface area contributed by atoms with Crippen LogP contribution in [0.3, 0.4) is 0 Å². The summed E-state index contributed by atoms with van der Waals surface area (Å²) in [6.45, 7) is -4.62. The summed E-state index contributed by atoms with van der Waals surface area (Å²) in [6.07, 6.45) is -0.499. The zero-order valence-electron chi connectivity index (χ0n) is 11.6. The zero-order valence-corrected chi connectivity index (χ0v) is 13.4. The van der Waals surface area contributed by atoms with Gasteiger partial charge in [0, 0.05) is 0 Å². The molecule has 128 valence electrons. The van der Waals surface area contributed by atoms with Gasteiger partial charge in [0.05, 0.1) is 24.3 Å². The van der Waals surface area contributed by atoms with E-state index in [4.69, 9.17) is 10.5 Å². The highest BCUT2D eigenvalue weighted by molar-refractivity contribution is 8.16. The molecule has 0 aromatic carbocycles. The third kappa shape index (κ3) is 3.12. The van der Waals surface area contributed by atoms with Crippen LogP contribution in [0.5, 0.6) is 0 Å². The van der Waals surface area contributed by atoms with E-state index in [2.05, 4.69) is 15.0 Å². The van der Waals surface area contributed by atoms with Crippen LogP contribution in [0.1, 0.15) is 6.23 Å². The first-order valence-corrected chi connectivity index (χ1v) is 9.80. The van der Waals surface area contributed by atoms with Gasteiger partial charge < -0.3 is 35.4 Å². The second-order valence-corrected chi connectivity index (χ2v) is 9.17. The topological polar surface area (TPSA) is 180 Å². The number of nitrogens with zero attached hydrogens (tertiary/aromatic N) is 4. The molecule has 3 rings (SSSR count). The van der Waals surface area contributed by atoms with Crippen molar-refractivity contribution in [1.82, 2.24) is 19.5 Å². The third-order valence-electron chi connectivity index (χ3n) is 3.47. The fourth-order valence-corrected chi connectivity index (χ4v) is 5.37. The van der Waals surface area contributed by atoms with Crippen LogP contribution in [0.4, 0.5) is 5.82 Å². The molecule has 0 amide bonds. The quantitative estimate of drug-likeness (QED) is 0.227. The lowest BCUT2D eigenvalue weighted by molar-refractivity contribution is -0.0486. The van der Waals surface area contributed by atoms with E-state index in [1.54, 1.807) is 0 Å². The van der Waals surface area contributed by atoms with Gasteiger partial charge in [0.2, 0.25) is 0 Å². The largest absolute Gasteiger partial charge is 0.394 e. The minimum atomic E-state index is -4.16. The number of aliphatic hydroxyl groups excluding tert-OH is 2. The highest BCUT2D eigenvalue weighted by Gasteiger charge is 2.44. The van der Waals surface area contributed by atoms with Crippen LogP contribution < -0.4 is 5.73 Å². The summed E-state index contributed by atoms with van der Waals surface area (Å²) in [5.74, 6) is 0.167. The summed E-state index contributed by atoms with van der Waals surface area (Å²) < 4.78 is 6.99. The summed E-state index contributed by atoms with van der Waals surface area (Å²) in [6, 6.07) is 0. The van der Waals surface area contributed by atoms with E-state index in [9.17, 15) is 24.9 Å². The Labute approximate surface area is 133 Å². The highest BCUT2D eigenvalue weighted by Crippen LogP contribution is 2.39. The lowest BCUT2D eigenvalue weighted by Gasteiger charge is -2.18. The number of aromatic nitrogens is 4. The van der Waals surface area contributed by atoms with Crippen molar-refractivity contribution in [3.63, 3.8) is 0 Å². The van der Waals surface area contributed by atoms with Gasteiger partial charge in [-0.25, -0.2) is 15.0 Å². The number of nitrogen functional groups attached to an aromatic ring is 1. The Morgan fingerprint density at radius 1 is 1.30 bits per heavy atom. The smallest absolute Gasteiger partial charge is 0.274 e. The Bertz CT molecular complexity index is 772. The number of aliphatic hydroxyl groups is 2. The molecule has 2 aromatic rings. The minimum Gasteiger partial charge on any atom is -0.394 e. The predicted octanol–water partition coefficient (Wildman–Crippen LogP) is -2.50. The van der Waals surface area contributed by atoms with Crippen molar-refractivity contribution in [2.24, 2.45) is 0 Å². The maximum Gasteiger partial charge on any atom is 0.274 e. The number of hydrogen-bond acceptors (Lipinski definition) is 7. The van der Waals surface area contributed by atoms with Gasteiger partial charge in [0.1, 0.15) is 17.9 Å². The van der Waals surface area contributed by atoms with Crippen LogP contribution in [0.25, 0.3) is 11.2 Å². The summed E-state index contributed by atoms with van der Waals surface area (Å²) in [5.41, 5.74) is 6.36. The fraction of sp³-hybridized carbons (Fsp3) is 0.500. The second kappa shape index (κ2) is 6.07. The minimum absolute atomic E-state index is 0.167. The van der Waals surface area contributed by atoms with Crippen LogP contribution in [-0.2, 0) is 15.7 Å². The van der Waals surface area contributed by atoms with Crippen molar-refractivity contribution in [2.45, 2.75) is 23.7 Å². The summed E-state index contributed by atoms with van der Waals surface area (Å²) >= 11 is 0. The average molecular weight is 365 g/mol. The number of hydrogen-bond donors (Lipinski definition) is 7. The van der Waals surface area contributed by atoms with Crippen molar-refractivity contribution in [3.05, 3.63) is 12.7 Å². The first-order chi connectivity index (χ1) is 10.8. The second-order valence-electron chi connectivity index (χ2n) is 4.96. The van der Waals surface area contributed by atoms with Crippen molar-refractivity contribution in [1.29, 1.82) is 0 Å². The highest BCUT2D eigenvalue weighted by atomic mass is 32.5. The molecule has 11 nitrogen and oxygen atoms in total. The molecule has 0 spiro atoms. The molecule has 1 aliphatic heterocycles. The van der Waals surface area contributed by atoms with E-state index in [1.165, 1.54) is 17.2 Å². The molecule has 4 atom stereocenters. The first-order valence-electron chi connectivity index (χ1n) is 6.49. The lowest BCUT2D eigenvalue weighted by atomic mass is 10.2.